The third-order valence-electron chi connectivity index (χ3n) is 10.9. The minimum Gasteiger partial charge on any atom is -0.486 e. The summed E-state index contributed by atoms with van der Waals surface area (Å²) in [4.78, 5) is 25.6. The van der Waals surface area contributed by atoms with E-state index in [9.17, 15) is 9.59 Å². The standard InChI is InChI=1S/C33H36O4/c1-32-15-14-26-24-10-8-22(17-20(24)7-9-27(26)28(32)11-12-30(32)34)37-23-13-16-33(31(35)36-2)19-21-5-3-4-6-25(21)29(33)18-23/h3-6,8,10,13,16-17,23,26-29H,7,9,11-12,14-15,18-19H2,1-2H3/t23-,26-,27-,28+,29-,32+,33-/m1/s1. The molecule has 0 N–H and O–H groups in total. The number of hydrogen-bond acceptors (Lipinski definition) is 4. The number of rotatable bonds is 3. The van der Waals surface area contributed by atoms with E-state index in [0.29, 0.717) is 30.0 Å². The molecule has 0 unspecified atom stereocenters. The largest absolute Gasteiger partial charge is 0.486 e. The Morgan fingerprint density at radius 1 is 1.00 bits per heavy atom. The average Bonchev–Trinajstić information content (AvgIpc) is 3.42. The van der Waals surface area contributed by atoms with Crippen molar-refractivity contribution in [2.24, 2.45) is 22.7 Å². The predicted molar refractivity (Wildman–Crippen MR) is 142 cm³/mol. The van der Waals surface area contributed by atoms with Gasteiger partial charge in [0, 0.05) is 17.8 Å². The Balaban J connectivity index is 1.13. The molecule has 5 aliphatic carbocycles. The number of carbonyl (C=O) groups is 2. The van der Waals surface area contributed by atoms with Crippen molar-refractivity contribution in [2.75, 3.05) is 7.11 Å². The molecule has 0 spiro atoms. The summed E-state index contributed by atoms with van der Waals surface area (Å²) in [6.45, 7) is 2.24. The molecule has 2 fully saturated rings. The van der Waals surface area contributed by atoms with E-state index in [1.54, 1.807) is 0 Å². The molecule has 37 heavy (non-hydrogen) atoms. The highest BCUT2D eigenvalue weighted by Gasteiger charge is 2.55. The molecular weight excluding hydrogens is 460 g/mol. The van der Waals surface area contributed by atoms with Gasteiger partial charge in [-0.3, -0.25) is 9.59 Å². The molecule has 2 aromatic carbocycles. The summed E-state index contributed by atoms with van der Waals surface area (Å²) in [6, 6.07) is 15.1. The van der Waals surface area contributed by atoms with Gasteiger partial charge in [0.2, 0.25) is 0 Å². The first-order valence-electron chi connectivity index (χ1n) is 14.1. The van der Waals surface area contributed by atoms with Crippen molar-refractivity contribution in [1.29, 1.82) is 0 Å². The molecule has 5 aliphatic rings. The average molecular weight is 497 g/mol. The van der Waals surface area contributed by atoms with Crippen molar-refractivity contribution in [3.63, 3.8) is 0 Å². The quantitative estimate of drug-likeness (QED) is 0.369. The molecule has 2 saturated carbocycles. The summed E-state index contributed by atoms with van der Waals surface area (Å²) >= 11 is 0. The summed E-state index contributed by atoms with van der Waals surface area (Å²) < 4.78 is 11.8. The van der Waals surface area contributed by atoms with Crippen LogP contribution in [0.5, 0.6) is 5.75 Å². The maximum absolute atomic E-state index is 13.0. The number of benzene rings is 2. The molecule has 0 aromatic heterocycles. The Hall–Kier alpha value is -2.88. The number of ether oxygens (including phenoxy) is 2. The van der Waals surface area contributed by atoms with E-state index in [4.69, 9.17) is 9.47 Å². The molecule has 0 radical (unpaired) electrons. The Morgan fingerprint density at radius 2 is 1.86 bits per heavy atom. The van der Waals surface area contributed by atoms with E-state index in [1.165, 1.54) is 35.8 Å². The van der Waals surface area contributed by atoms with Gasteiger partial charge in [-0.25, -0.2) is 0 Å². The van der Waals surface area contributed by atoms with E-state index >= 15 is 0 Å². The highest BCUT2D eigenvalue weighted by Crippen LogP contribution is 2.60. The second kappa shape index (κ2) is 8.31. The lowest BCUT2D eigenvalue weighted by Gasteiger charge is -2.48. The minimum absolute atomic E-state index is 0.0650. The van der Waals surface area contributed by atoms with Crippen LogP contribution in [0.15, 0.2) is 54.6 Å². The van der Waals surface area contributed by atoms with Crippen molar-refractivity contribution in [3.8, 4) is 5.75 Å². The Labute approximate surface area is 219 Å². The van der Waals surface area contributed by atoms with Crippen LogP contribution in [0, 0.1) is 22.7 Å². The van der Waals surface area contributed by atoms with Crippen LogP contribution in [-0.2, 0) is 27.2 Å². The smallest absolute Gasteiger partial charge is 0.316 e. The normalized spacial score (nSPS) is 37.1. The number of esters is 1. The van der Waals surface area contributed by atoms with Gasteiger partial charge < -0.3 is 9.47 Å². The van der Waals surface area contributed by atoms with Gasteiger partial charge >= 0.3 is 5.97 Å². The fourth-order valence-corrected chi connectivity index (χ4v) is 8.99. The molecule has 2 aromatic rings. The molecule has 192 valence electrons. The zero-order valence-electron chi connectivity index (χ0n) is 21.9. The lowest BCUT2D eigenvalue weighted by molar-refractivity contribution is -0.151. The van der Waals surface area contributed by atoms with Crippen molar-refractivity contribution in [1.82, 2.24) is 0 Å². The van der Waals surface area contributed by atoms with E-state index in [0.717, 1.165) is 44.3 Å². The first-order chi connectivity index (χ1) is 17.9. The highest BCUT2D eigenvalue weighted by atomic mass is 16.5. The number of Topliss-reactive ketones (excluding diaryl/α,β-unsaturated/α-hetero) is 1. The van der Waals surface area contributed by atoms with E-state index in [2.05, 4.69) is 55.5 Å². The maximum atomic E-state index is 13.0. The SMILES string of the molecule is COC(=O)[C@@]12C=C[C@@H](Oc3ccc4c(c3)CC[C@@H]3[C@@H]4CC[C@]4(C)C(=O)CC[C@@H]34)C[C@@H]1c1ccccc1C2. The van der Waals surface area contributed by atoms with Crippen LogP contribution in [0.25, 0.3) is 0 Å². The van der Waals surface area contributed by atoms with Crippen LogP contribution < -0.4 is 4.74 Å². The number of aryl methyl sites for hydroxylation is 1. The van der Waals surface area contributed by atoms with E-state index in [-0.39, 0.29) is 23.4 Å². The van der Waals surface area contributed by atoms with Gasteiger partial charge in [-0.1, -0.05) is 43.3 Å². The van der Waals surface area contributed by atoms with E-state index in [1.807, 2.05) is 6.07 Å². The Kier molecular flexibility index (Phi) is 5.22. The fraction of sp³-hybridized carbons (Fsp3) is 0.515. The van der Waals surface area contributed by atoms with Crippen LogP contribution in [-0.4, -0.2) is 25.0 Å². The summed E-state index contributed by atoms with van der Waals surface area (Å²) in [5.41, 5.74) is 4.68. The van der Waals surface area contributed by atoms with Gasteiger partial charge in [0.25, 0.3) is 0 Å². The molecule has 4 nitrogen and oxygen atoms in total. The van der Waals surface area contributed by atoms with Crippen LogP contribution >= 0.6 is 0 Å². The summed E-state index contributed by atoms with van der Waals surface area (Å²) in [5, 5.41) is 0. The Morgan fingerprint density at radius 3 is 2.73 bits per heavy atom. The molecule has 0 bridgehead atoms. The third-order valence-corrected chi connectivity index (χ3v) is 10.9. The lowest BCUT2D eigenvalue weighted by Crippen LogP contribution is -2.42. The fourth-order valence-electron chi connectivity index (χ4n) is 8.99. The molecule has 7 rings (SSSR count). The maximum Gasteiger partial charge on any atom is 0.316 e. The zero-order valence-corrected chi connectivity index (χ0v) is 21.9. The Bertz CT molecular complexity index is 1310. The number of ketones is 1. The van der Waals surface area contributed by atoms with Crippen LogP contribution in [0.1, 0.15) is 79.5 Å². The third kappa shape index (κ3) is 3.33. The van der Waals surface area contributed by atoms with Crippen molar-refractivity contribution >= 4 is 11.8 Å². The second-order valence-corrected chi connectivity index (χ2v) is 12.4. The monoisotopic (exact) mass is 496 g/mol. The van der Waals surface area contributed by atoms with Gasteiger partial charge in [0.1, 0.15) is 17.6 Å². The molecule has 0 amide bonds. The van der Waals surface area contributed by atoms with Crippen LogP contribution in [0.3, 0.4) is 0 Å². The van der Waals surface area contributed by atoms with Gasteiger partial charge in [-0.2, -0.15) is 0 Å². The second-order valence-electron chi connectivity index (χ2n) is 12.4. The minimum atomic E-state index is -0.625. The van der Waals surface area contributed by atoms with Gasteiger partial charge in [-0.05, 0) is 103 Å². The lowest BCUT2D eigenvalue weighted by atomic mass is 9.55. The van der Waals surface area contributed by atoms with Crippen LogP contribution in [0.2, 0.25) is 0 Å². The van der Waals surface area contributed by atoms with Crippen molar-refractivity contribution in [2.45, 2.75) is 76.2 Å². The highest BCUT2D eigenvalue weighted by molar-refractivity contribution is 5.87. The first kappa shape index (κ1) is 23.3. The molecular formula is C33H36O4. The number of carbonyl (C=O) groups excluding carboxylic acids is 2. The number of methoxy groups -OCH3 is 1. The van der Waals surface area contributed by atoms with Gasteiger partial charge in [0.05, 0.1) is 12.5 Å². The summed E-state index contributed by atoms with van der Waals surface area (Å²) in [5.74, 6) is 3.10. The summed E-state index contributed by atoms with van der Waals surface area (Å²) in [6.07, 6.45) is 11.8. The molecule has 7 atom stereocenters. The van der Waals surface area contributed by atoms with Gasteiger partial charge in [0.15, 0.2) is 0 Å². The van der Waals surface area contributed by atoms with E-state index < -0.39 is 5.41 Å². The zero-order chi connectivity index (χ0) is 25.4. The van der Waals surface area contributed by atoms with Crippen molar-refractivity contribution in [3.05, 3.63) is 76.9 Å². The van der Waals surface area contributed by atoms with Gasteiger partial charge in [-0.15, -0.1) is 0 Å². The van der Waals surface area contributed by atoms with Crippen molar-refractivity contribution < 1.29 is 19.1 Å². The van der Waals surface area contributed by atoms with Crippen LogP contribution in [0.4, 0.5) is 0 Å². The summed E-state index contributed by atoms with van der Waals surface area (Å²) in [7, 11) is 1.49. The molecule has 0 heterocycles. The predicted octanol–water partition coefficient (Wildman–Crippen LogP) is 6.32. The number of hydrogen-bond donors (Lipinski definition) is 0. The molecule has 0 saturated heterocycles. The number of fused-ring (bicyclic) bond motifs is 8. The first-order valence-corrected chi connectivity index (χ1v) is 14.1. The molecule has 4 heteroatoms. The topological polar surface area (TPSA) is 52.6 Å². The molecule has 0 aliphatic heterocycles.